The van der Waals surface area contributed by atoms with Crippen LogP contribution in [0.2, 0.25) is 0 Å². The molecule has 0 saturated carbocycles. The summed E-state index contributed by atoms with van der Waals surface area (Å²) in [4.78, 5) is 4.35. The van der Waals surface area contributed by atoms with Crippen molar-refractivity contribution < 1.29 is 5.21 Å². The highest BCUT2D eigenvalue weighted by molar-refractivity contribution is 5.85. The summed E-state index contributed by atoms with van der Waals surface area (Å²) in [6.07, 6.45) is 0.821. The second-order valence-electron chi connectivity index (χ2n) is 4.57. The molecule has 2 rings (SSSR count). The minimum absolute atomic E-state index is 0.00947. The zero-order valence-electron chi connectivity index (χ0n) is 11.3. The van der Waals surface area contributed by atoms with Crippen molar-refractivity contribution in [1.82, 2.24) is 25.1 Å². The molecule has 0 spiro atoms. The fourth-order valence-corrected chi connectivity index (χ4v) is 2.45. The quantitative estimate of drug-likeness (QED) is 0.307. The smallest absolute Gasteiger partial charge is 0.245 e. The molecule has 1 saturated heterocycles. The Balaban J connectivity index is 1.97. The molecule has 1 aromatic heterocycles. The van der Waals surface area contributed by atoms with Crippen molar-refractivity contribution >= 4 is 11.8 Å². The van der Waals surface area contributed by atoms with Crippen molar-refractivity contribution in [1.29, 1.82) is 0 Å². The van der Waals surface area contributed by atoms with Crippen molar-refractivity contribution in [2.75, 3.05) is 31.1 Å². The van der Waals surface area contributed by atoms with Crippen LogP contribution in [0.15, 0.2) is 5.16 Å². The predicted octanol–water partition coefficient (Wildman–Crippen LogP) is -1.14. The summed E-state index contributed by atoms with van der Waals surface area (Å²) in [5, 5.41) is 23.4. The normalized spacial score (nSPS) is 19.7. The van der Waals surface area contributed by atoms with Gasteiger partial charge in [-0.1, -0.05) is 17.2 Å². The summed E-state index contributed by atoms with van der Waals surface area (Å²) < 4.78 is 1.66. The third-order valence-electron chi connectivity index (χ3n) is 3.48. The van der Waals surface area contributed by atoms with Gasteiger partial charge in [0.05, 0.1) is 6.04 Å². The lowest BCUT2D eigenvalue weighted by Gasteiger charge is -2.38. The van der Waals surface area contributed by atoms with Gasteiger partial charge in [-0.3, -0.25) is 4.90 Å². The van der Waals surface area contributed by atoms with Crippen LogP contribution >= 0.6 is 0 Å². The number of anilines is 1. The number of aryl methyl sites for hydroxylation is 1. The highest BCUT2D eigenvalue weighted by Gasteiger charge is 2.27. The summed E-state index contributed by atoms with van der Waals surface area (Å²) in [6.45, 7) is 5.34. The van der Waals surface area contributed by atoms with E-state index in [1.807, 2.05) is 14.0 Å². The summed E-state index contributed by atoms with van der Waals surface area (Å²) >= 11 is 0. The number of hydrogen-bond donors (Lipinski definition) is 2. The predicted molar refractivity (Wildman–Crippen MR) is 70.1 cm³/mol. The van der Waals surface area contributed by atoms with E-state index in [1.54, 1.807) is 4.68 Å². The number of nitrogens with two attached hydrogens (primary N) is 1. The molecule has 1 aliphatic rings. The number of tetrazole rings is 1. The first-order chi connectivity index (χ1) is 9.17. The van der Waals surface area contributed by atoms with E-state index in [1.165, 1.54) is 0 Å². The molecule has 1 atom stereocenters. The second kappa shape index (κ2) is 5.83. The van der Waals surface area contributed by atoms with Gasteiger partial charge in [0.25, 0.3) is 0 Å². The SMILES string of the molecule is CCC(C(N)=NO)N1CCN(c2nnnn2C)CC1. The monoisotopic (exact) mass is 268 g/mol. The van der Waals surface area contributed by atoms with Gasteiger partial charge in [-0.05, 0) is 16.8 Å². The van der Waals surface area contributed by atoms with Crippen LogP contribution in [-0.2, 0) is 7.05 Å². The molecule has 1 fully saturated rings. The lowest BCUT2D eigenvalue weighted by Crippen LogP contribution is -2.54. The zero-order chi connectivity index (χ0) is 13.8. The molecule has 0 bridgehead atoms. The van der Waals surface area contributed by atoms with Gasteiger partial charge in [-0.2, -0.15) is 0 Å². The molecule has 0 amide bonds. The maximum atomic E-state index is 8.80. The Labute approximate surface area is 111 Å². The Kier molecular flexibility index (Phi) is 4.15. The Morgan fingerprint density at radius 3 is 2.58 bits per heavy atom. The van der Waals surface area contributed by atoms with E-state index >= 15 is 0 Å². The van der Waals surface area contributed by atoms with Gasteiger partial charge in [0.15, 0.2) is 5.84 Å². The average molecular weight is 268 g/mol. The fraction of sp³-hybridized carbons (Fsp3) is 0.800. The molecule has 9 nitrogen and oxygen atoms in total. The van der Waals surface area contributed by atoms with Crippen molar-refractivity contribution in [3.05, 3.63) is 0 Å². The molecule has 3 N–H and O–H groups in total. The van der Waals surface area contributed by atoms with Gasteiger partial charge in [0, 0.05) is 33.2 Å². The molecule has 9 heteroatoms. The summed E-state index contributed by atoms with van der Waals surface area (Å²) in [7, 11) is 1.83. The Morgan fingerprint density at radius 1 is 1.42 bits per heavy atom. The van der Waals surface area contributed by atoms with Crippen LogP contribution in [-0.4, -0.2) is 68.4 Å². The van der Waals surface area contributed by atoms with E-state index in [0.29, 0.717) is 0 Å². The van der Waals surface area contributed by atoms with Gasteiger partial charge in [-0.25, -0.2) is 4.68 Å². The number of oxime groups is 1. The third kappa shape index (κ3) is 2.75. The summed E-state index contributed by atoms with van der Waals surface area (Å²) in [6, 6.07) is -0.00947. The second-order valence-corrected chi connectivity index (χ2v) is 4.57. The number of piperazine rings is 1. The van der Waals surface area contributed by atoms with Gasteiger partial charge in [0.2, 0.25) is 5.95 Å². The molecule has 0 radical (unpaired) electrons. The van der Waals surface area contributed by atoms with Crippen LogP contribution in [0.3, 0.4) is 0 Å². The zero-order valence-corrected chi connectivity index (χ0v) is 11.3. The van der Waals surface area contributed by atoms with Crippen LogP contribution < -0.4 is 10.6 Å². The molecule has 1 aliphatic heterocycles. The topological polar surface area (TPSA) is 109 Å². The minimum Gasteiger partial charge on any atom is -0.409 e. The van der Waals surface area contributed by atoms with E-state index in [4.69, 9.17) is 10.9 Å². The third-order valence-corrected chi connectivity index (χ3v) is 3.48. The van der Waals surface area contributed by atoms with Gasteiger partial charge in [-0.15, -0.1) is 0 Å². The number of aromatic nitrogens is 4. The Bertz CT molecular complexity index is 436. The lowest BCUT2D eigenvalue weighted by molar-refractivity contribution is 0.214. The number of nitrogens with zero attached hydrogens (tertiary/aromatic N) is 7. The van der Waals surface area contributed by atoms with Crippen LogP contribution in [0.1, 0.15) is 13.3 Å². The van der Waals surface area contributed by atoms with E-state index < -0.39 is 0 Å². The van der Waals surface area contributed by atoms with E-state index in [9.17, 15) is 0 Å². The van der Waals surface area contributed by atoms with E-state index in [2.05, 4.69) is 30.5 Å². The largest absolute Gasteiger partial charge is 0.409 e. The van der Waals surface area contributed by atoms with Crippen LogP contribution in [0.4, 0.5) is 5.95 Å². The molecule has 0 aliphatic carbocycles. The molecule has 0 aromatic carbocycles. The number of amidine groups is 1. The molecular formula is C10H20N8O. The van der Waals surface area contributed by atoms with Crippen molar-refractivity contribution in [2.24, 2.45) is 17.9 Å². The average Bonchev–Trinajstić information content (AvgIpc) is 2.86. The van der Waals surface area contributed by atoms with E-state index in [-0.39, 0.29) is 11.9 Å². The summed E-state index contributed by atoms with van der Waals surface area (Å²) in [5.41, 5.74) is 5.72. The van der Waals surface area contributed by atoms with Crippen LogP contribution in [0.25, 0.3) is 0 Å². The molecule has 106 valence electrons. The van der Waals surface area contributed by atoms with Crippen LogP contribution in [0.5, 0.6) is 0 Å². The maximum absolute atomic E-state index is 8.80. The first-order valence-corrected chi connectivity index (χ1v) is 6.36. The van der Waals surface area contributed by atoms with Gasteiger partial charge < -0.3 is 15.8 Å². The van der Waals surface area contributed by atoms with E-state index in [0.717, 1.165) is 38.5 Å². The molecule has 19 heavy (non-hydrogen) atoms. The first-order valence-electron chi connectivity index (χ1n) is 6.36. The molecule has 1 unspecified atom stereocenters. The lowest BCUT2D eigenvalue weighted by atomic mass is 10.1. The number of hydrogen-bond acceptors (Lipinski definition) is 7. The van der Waals surface area contributed by atoms with Gasteiger partial charge in [0.1, 0.15) is 0 Å². The standard InChI is InChI=1S/C10H20N8O/c1-3-8(9(11)13-19)17-4-6-18(7-5-17)10-12-14-15-16(10)2/h8,19H,3-7H2,1-2H3,(H2,11,13). The first kappa shape index (κ1) is 13.5. The molecule has 2 heterocycles. The number of rotatable bonds is 4. The Hall–Kier alpha value is -1.90. The highest BCUT2D eigenvalue weighted by Crippen LogP contribution is 2.14. The van der Waals surface area contributed by atoms with Gasteiger partial charge >= 0.3 is 0 Å². The summed E-state index contributed by atoms with van der Waals surface area (Å²) in [5.74, 6) is 1.05. The van der Waals surface area contributed by atoms with Crippen molar-refractivity contribution in [3.8, 4) is 0 Å². The minimum atomic E-state index is -0.00947. The van der Waals surface area contributed by atoms with Crippen molar-refractivity contribution in [3.63, 3.8) is 0 Å². The Morgan fingerprint density at radius 2 is 2.11 bits per heavy atom. The molecule has 1 aromatic rings. The fourth-order valence-electron chi connectivity index (χ4n) is 2.45. The molecular weight excluding hydrogens is 248 g/mol. The van der Waals surface area contributed by atoms with Crippen molar-refractivity contribution in [2.45, 2.75) is 19.4 Å². The maximum Gasteiger partial charge on any atom is 0.245 e. The van der Waals surface area contributed by atoms with Crippen LogP contribution in [0, 0.1) is 0 Å². The highest BCUT2D eigenvalue weighted by atomic mass is 16.4.